The predicted molar refractivity (Wildman–Crippen MR) is 108 cm³/mol. The summed E-state index contributed by atoms with van der Waals surface area (Å²) in [5, 5.41) is 4.27. The van der Waals surface area contributed by atoms with Crippen LogP contribution in [0.4, 0.5) is 0 Å². The minimum absolute atomic E-state index is 0.308. The summed E-state index contributed by atoms with van der Waals surface area (Å²) in [5.41, 5.74) is 5.35. The molecule has 0 radical (unpaired) electrons. The monoisotopic (exact) mass is 383 g/mol. The number of amides is 3. The van der Waals surface area contributed by atoms with Crippen LogP contribution in [0.1, 0.15) is 31.8 Å². The first-order chi connectivity index (χ1) is 14.1. The van der Waals surface area contributed by atoms with E-state index in [-0.39, 0.29) is 0 Å². The molecular formula is C23H17N3O3. The molecule has 0 saturated heterocycles. The van der Waals surface area contributed by atoms with Gasteiger partial charge in [0, 0.05) is 11.1 Å². The summed E-state index contributed by atoms with van der Waals surface area (Å²) in [6, 6.07) is 25.4. The van der Waals surface area contributed by atoms with Crippen LogP contribution in [0.15, 0.2) is 90.0 Å². The van der Waals surface area contributed by atoms with Gasteiger partial charge in [-0.15, -0.1) is 0 Å². The van der Waals surface area contributed by atoms with Gasteiger partial charge in [-0.2, -0.15) is 5.10 Å². The number of nitrogens with one attached hydrogen (secondary N) is 1. The van der Waals surface area contributed by atoms with Crippen molar-refractivity contribution in [1.29, 1.82) is 0 Å². The van der Waals surface area contributed by atoms with Crippen LogP contribution in [-0.4, -0.2) is 34.9 Å². The van der Waals surface area contributed by atoms with Crippen LogP contribution >= 0.6 is 0 Å². The van der Waals surface area contributed by atoms with Gasteiger partial charge in [-0.05, 0) is 12.1 Å². The lowest BCUT2D eigenvalue weighted by Crippen LogP contribution is -2.39. The summed E-state index contributed by atoms with van der Waals surface area (Å²) in [7, 11) is 0. The zero-order valence-electron chi connectivity index (χ0n) is 15.4. The molecule has 0 saturated carbocycles. The zero-order valence-corrected chi connectivity index (χ0v) is 15.4. The first-order valence-electron chi connectivity index (χ1n) is 9.08. The van der Waals surface area contributed by atoms with Crippen LogP contribution in [-0.2, 0) is 4.79 Å². The number of nitrogens with zero attached hydrogens (tertiary/aromatic N) is 2. The Morgan fingerprint density at radius 2 is 1.17 bits per heavy atom. The fourth-order valence-corrected chi connectivity index (χ4v) is 3.17. The first kappa shape index (κ1) is 18.3. The molecule has 0 spiro atoms. The van der Waals surface area contributed by atoms with E-state index in [1.54, 1.807) is 24.3 Å². The largest absolute Gasteiger partial charge is 0.271 e. The van der Waals surface area contributed by atoms with Gasteiger partial charge in [0.25, 0.3) is 17.7 Å². The zero-order chi connectivity index (χ0) is 20.2. The van der Waals surface area contributed by atoms with Crippen molar-refractivity contribution < 1.29 is 14.4 Å². The standard InChI is InChI=1S/C23H17N3O3/c27-20(15-26-22(28)18-13-7-8-14-19(18)23(26)29)24-25-21(16-9-3-1-4-10-16)17-11-5-2-6-12-17/h1-14H,15H2,(H,24,27). The van der Waals surface area contributed by atoms with Crippen LogP contribution in [0.25, 0.3) is 0 Å². The second kappa shape index (κ2) is 7.90. The third-order valence-electron chi connectivity index (χ3n) is 4.57. The number of benzene rings is 3. The van der Waals surface area contributed by atoms with Crippen molar-refractivity contribution in [3.8, 4) is 0 Å². The molecule has 1 aliphatic heterocycles. The lowest BCUT2D eigenvalue weighted by atomic mass is 10.0. The molecule has 6 nitrogen and oxygen atoms in total. The number of hydrogen-bond donors (Lipinski definition) is 1. The van der Waals surface area contributed by atoms with Gasteiger partial charge in [0.2, 0.25) is 0 Å². The Morgan fingerprint density at radius 1 is 0.724 bits per heavy atom. The number of hydrazone groups is 1. The third-order valence-corrected chi connectivity index (χ3v) is 4.57. The van der Waals surface area contributed by atoms with Gasteiger partial charge in [-0.25, -0.2) is 5.43 Å². The van der Waals surface area contributed by atoms with E-state index in [0.29, 0.717) is 16.8 Å². The average Bonchev–Trinajstić information content (AvgIpc) is 3.00. The molecule has 29 heavy (non-hydrogen) atoms. The van der Waals surface area contributed by atoms with Crippen molar-refractivity contribution in [1.82, 2.24) is 10.3 Å². The molecular weight excluding hydrogens is 366 g/mol. The summed E-state index contributed by atoms with van der Waals surface area (Å²) in [6.45, 7) is -0.396. The summed E-state index contributed by atoms with van der Waals surface area (Å²) < 4.78 is 0. The molecule has 3 aromatic carbocycles. The van der Waals surface area contributed by atoms with Crippen molar-refractivity contribution in [2.24, 2.45) is 5.10 Å². The van der Waals surface area contributed by atoms with E-state index >= 15 is 0 Å². The summed E-state index contributed by atoms with van der Waals surface area (Å²) >= 11 is 0. The fourth-order valence-electron chi connectivity index (χ4n) is 3.17. The van der Waals surface area contributed by atoms with E-state index < -0.39 is 24.3 Å². The minimum Gasteiger partial charge on any atom is -0.271 e. The summed E-state index contributed by atoms with van der Waals surface area (Å²) in [5.74, 6) is -1.50. The van der Waals surface area contributed by atoms with E-state index in [0.717, 1.165) is 16.0 Å². The fraction of sp³-hybridized carbons (Fsp3) is 0.0435. The summed E-state index contributed by atoms with van der Waals surface area (Å²) in [6.07, 6.45) is 0. The van der Waals surface area contributed by atoms with E-state index in [1.165, 1.54) is 0 Å². The molecule has 0 fully saturated rings. The highest BCUT2D eigenvalue weighted by atomic mass is 16.2. The molecule has 4 rings (SSSR count). The molecule has 1 heterocycles. The first-order valence-corrected chi connectivity index (χ1v) is 9.08. The van der Waals surface area contributed by atoms with Crippen molar-refractivity contribution in [2.75, 3.05) is 6.54 Å². The number of carbonyl (C=O) groups is 3. The Kier molecular flexibility index (Phi) is 4.99. The Morgan fingerprint density at radius 3 is 1.66 bits per heavy atom. The average molecular weight is 383 g/mol. The van der Waals surface area contributed by atoms with Crippen LogP contribution in [0.3, 0.4) is 0 Å². The number of hydrogen-bond acceptors (Lipinski definition) is 4. The van der Waals surface area contributed by atoms with E-state index in [2.05, 4.69) is 10.5 Å². The third kappa shape index (κ3) is 3.68. The molecule has 1 aliphatic rings. The van der Waals surface area contributed by atoms with Crippen molar-refractivity contribution in [3.63, 3.8) is 0 Å². The van der Waals surface area contributed by atoms with E-state index in [9.17, 15) is 14.4 Å². The topological polar surface area (TPSA) is 78.8 Å². The molecule has 6 heteroatoms. The van der Waals surface area contributed by atoms with Gasteiger partial charge >= 0.3 is 0 Å². The molecule has 1 N–H and O–H groups in total. The van der Waals surface area contributed by atoms with Crippen LogP contribution in [0.2, 0.25) is 0 Å². The maximum Gasteiger partial charge on any atom is 0.262 e. The lowest BCUT2D eigenvalue weighted by Gasteiger charge is -2.13. The van der Waals surface area contributed by atoms with Gasteiger partial charge in [0.15, 0.2) is 0 Å². The summed E-state index contributed by atoms with van der Waals surface area (Å²) in [4.78, 5) is 38.2. The SMILES string of the molecule is O=C(CN1C(=O)c2ccccc2C1=O)NN=C(c1ccccc1)c1ccccc1. The minimum atomic E-state index is -0.552. The Bertz CT molecular complexity index is 1030. The molecule has 3 amide bonds. The number of fused-ring (bicyclic) bond motifs is 1. The quantitative estimate of drug-likeness (QED) is 0.418. The maximum absolute atomic E-state index is 12.4. The molecule has 3 aromatic rings. The maximum atomic E-state index is 12.4. The van der Waals surface area contributed by atoms with E-state index in [4.69, 9.17) is 0 Å². The van der Waals surface area contributed by atoms with Crippen LogP contribution in [0.5, 0.6) is 0 Å². The van der Waals surface area contributed by atoms with Crippen molar-refractivity contribution in [2.45, 2.75) is 0 Å². The molecule has 0 unspecified atom stereocenters. The van der Waals surface area contributed by atoms with Crippen molar-refractivity contribution in [3.05, 3.63) is 107 Å². The Hall–Kier alpha value is -4.06. The van der Waals surface area contributed by atoms with Gasteiger partial charge in [0.1, 0.15) is 6.54 Å². The second-order valence-electron chi connectivity index (χ2n) is 6.47. The van der Waals surface area contributed by atoms with Gasteiger partial charge in [-0.1, -0.05) is 72.8 Å². The van der Waals surface area contributed by atoms with E-state index in [1.807, 2.05) is 60.7 Å². The lowest BCUT2D eigenvalue weighted by molar-refractivity contribution is -0.121. The van der Waals surface area contributed by atoms with Crippen LogP contribution < -0.4 is 5.43 Å². The van der Waals surface area contributed by atoms with Crippen molar-refractivity contribution >= 4 is 23.4 Å². The number of carbonyl (C=O) groups excluding carboxylic acids is 3. The highest BCUT2D eigenvalue weighted by Gasteiger charge is 2.36. The predicted octanol–water partition coefficient (Wildman–Crippen LogP) is 2.85. The van der Waals surface area contributed by atoms with Gasteiger partial charge in [-0.3, -0.25) is 19.3 Å². The highest BCUT2D eigenvalue weighted by Crippen LogP contribution is 2.21. The molecule has 0 aromatic heterocycles. The molecule has 0 bridgehead atoms. The number of rotatable bonds is 5. The van der Waals surface area contributed by atoms with Gasteiger partial charge in [0.05, 0.1) is 16.8 Å². The van der Waals surface area contributed by atoms with Gasteiger partial charge < -0.3 is 0 Å². The Labute approximate surface area is 167 Å². The molecule has 0 aliphatic carbocycles. The Balaban J connectivity index is 1.53. The normalized spacial score (nSPS) is 12.5. The second-order valence-corrected chi connectivity index (χ2v) is 6.47. The molecule has 0 atom stereocenters. The highest BCUT2D eigenvalue weighted by molar-refractivity contribution is 6.22. The molecule has 142 valence electrons. The smallest absolute Gasteiger partial charge is 0.262 e. The number of imide groups is 1. The van der Waals surface area contributed by atoms with Crippen LogP contribution in [0, 0.1) is 0 Å².